The Hall–Kier alpha value is -4.33. The van der Waals surface area contributed by atoms with Gasteiger partial charge >= 0.3 is 0 Å². The summed E-state index contributed by atoms with van der Waals surface area (Å²) in [4.78, 5) is 40.8. The molecule has 8 nitrogen and oxygen atoms in total. The number of nitrogens with two attached hydrogens (primary N) is 1. The van der Waals surface area contributed by atoms with Gasteiger partial charge in [-0.25, -0.2) is 9.97 Å². The van der Waals surface area contributed by atoms with Crippen molar-refractivity contribution in [3.8, 4) is 11.3 Å². The van der Waals surface area contributed by atoms with Gasteiger partial charge < -0.3 is 10.6 Å². The summed E-state index contributed by atoms with van der Waals surface area (Å²) < 4.78 is 1.94. The number of rotatable bonds is 6. The molecule has 3 unspecified atom stereocenters. The van der Waals surface area contributed by atoms with E-state index in [0.29, 0.717) is 28.5 Å². The molecular formula is C27H24N6O2. The molecule has 1 saturated heterocycles. The third-order valence-electron chi connectivity index (χ3n) is 6.99. The van der Waals surface area contributed by atoms with Crippen LogP contribution in [0.1, 0.15) is 40.8 Å². The summed E-state index contributed by atoms with van der Waals surface area (Å²) in [5.74, 6) is 1.55. The Morgan fingerprint density at radius 3 is 2.66 bits per heavy atom. The Balaban J connectivity index is 1.36. The van der Waals surface area contributed by atoms with Gasteiger partial charge in [0.1, 0.15) is 22.9 Å². The second kappa shape index (κ2) is 8.16. The van der Waals surface area contributed by atoms with Crippen molar-refractivity contribution in [3.05, 3.63) is 90.8 Å². The number of Topliss-reactive ketones (excluding diaryl/α,β-unsaturated/α-hetero) is 1. The summed E-state index contributed by atoms with van der Waals surface area (Å²) in [6.45, 7) is 3.68. The van der Waals surface area contributed by atoms with Gasteiger partial charge in [0.25, 0.3) is 0 Å². The minimum Gasteiger partial charge on any atom is -0.382 e. The Labute approximate surface area is 202 Å². The van der Waals surface area contributed by atoms with E-state index in [2.05, 4.69) is 16.5 Å². The number of benzene rings is 1. The summed E-state index contributed by atoms with van der Waals surface area (Å²) in [5.41, 5.74) is 9.84. The Bertz CT molecular complexity index is 1460. The van der Waals surface area contributed by atoms with Gasteiger partial charge in [-0.1, -0.05) is 36.9 Å². The zero-order valence-corrected chi connectivity index (χ0v) is 19.0. The number of nitrogen functional groups attached to an aromatic ring is 1. The molecule has 8 heteroatoms. The Kier molecular flexibility index (Phi) is 4.95. The summed E-state index contributed by atoms with van der Waals surface area (Å²) in [7, 11) is 0. The van der Waals surface area contributed by atoms with Gasteiger partial charge in [0.05, 0.1) is 12.5 Å². The van der Waals surface area contributed by atoms with Crippen molar-refractivity contribution in [2.24, 2.45) is 5.92 Å². The Morgan fingerprint density at radius 2 is 1.91 bits per heavy atom. The van der Waals surface area contributed by atoms with Gasteiger partial charge in [0, 0.05) is 41.5 Å². The minimum atomic E-state index is -0.147. The summed E-state index contributed by atoms with van der Waals surface area (Å²) in [6, 6.07) is 13.0. The molecule has 1 amide bonds. The lowest BCUT2D eigenvalue weighted by molar-refractivity contribution is -0.128. The molecule has 1 saturated carbocycles. The molecule has 3 atom stereocenters. The van der Waals surface area contributed by atoms with Gasteiger partial charge in [-0.05, 0) is 37.0 Å². The molecule has 1 aliphatic heterocycles. The number of nitrogens with zero attached hydrogens (tertiary/aromatic N) is 5. The standard InChI is InChI=1S/C27H24N6O2/c1-2-23(35)33-20-13-18(20)14-21(33)27-31-24(25-26(28)30-11-12-32(25)27)17-8-6-16(7-9-17)22(34)15-19-5-3-4-10-29-19/h2-12,18,20-21H,1,13-15H2,(H2,28,30). The van der Waals surface area contributed by atoms with E-state index in [-0.39, 0.29) is 30.2 Å². The molecule has 2 aliphatic rings. The number of anilines is 1. The van der Waals surface area contributed by atoms with Gasteiger partial charge in [-0.15, -0.1) is 0 Å². The molecule has 2 fully saturated rings. The molecule has 174 valence electrons. The highest BCUT2D eigenvalue weighted by Crippen LogP contribution is 2.53. The molecule has 0 bridgehead atoms. The second-order valence-corrected chi connectivity index (χ2v) is 9.11. The highest BCUT2D eigenvalue weighted by atomic mass is 16.2. The van der Waals surface area contributed by atoms with Crippen LogP contribution in [-0.2, 0) is 11.2 Å². The first kappa shape index (κ1) is 21.2. The number of fused-ring (bicyclic) bond motifs is 2. The van der Waals surface area contributed by atoms with Crippen molar-refractivity contribution in [1.29, 1.82) is 0 Å². The third-order valence-corrected chi connectivity index (χ3v) is 6.99. The highest BCUT2D eigenvalue weighted by molar-refractivity contribution is 5.98. The normalized spacial score (nSPS) is 20.6. The van der Waals surface area contributed by atoms with Crippen LogP contribution in [0.25, 0.3) is 16.8 Å². The molecule has 4 aromatic rings. The number of carbonyl (C=O) groups excluding carboxylic acids is 2. The van der Waals surface area contributed by atoms with E-state index in [0.717, 1.165) is 29.9 Å². The van der Waals surface area contributed by atoms with Crippen molar-refractivity contribution in [3.63, 3.8) is 0 Å². The van der Waals surface area contributed by atoms with Crippen LogP contribution < -0.4 is 5.73 Å². The molecule has 4 heterocycles. The number of amides is 1. The number of aromatic nitrogens is 4. The average Bonchev–Trinajstić information content (AvgIpc) is 3.37. The van der Waals surface area contributed by atoms with Gasteiger partial charge in [0.15, 0.2) is 5.78 Å². The smallest absolute Gasteiger partial charge is 0.246 e. The molecule has 0 spiro atoms. The molecule has 2 N–H and O–H groups in total. The fourth-order valence-electron chi connectivity index (χ4n) is 5.22. The molecular weight excluding hydrogens is 440 g/mol. The minimum absolute atomic E-state index is 0.00409. The van der Waals surface area contributed by atoms with Crippen molar-refractivity contribution < 1.29 is 9.59 Å². The van der Waals surface area contributed by atoms with E-state index in [4.69, 9.17) is 10.7 Å². The van der Waals surface area contributed by atoms with Crippen LogP contribution in [0, 0.1) is 5.92 Å². The van der Waals surface area contributed by atoms with Gasteiger partial charge in [-0.3, -0.25) is 19.0 Å². The topological polar surface area (TPSA) is 106 Å². The van der Waals surface area contributed by atoms with Crippen LogP contribution in [0.4, 0.5) is 5.82 Å². The van der Waals surface area contributed by atoms with Crippen molar-refractivity contribution in [1.82, 2.24) is 24.3 Å². The third kappa shape index (κ3) is 3.58. The predicted octanol–water partition coefficient (Wildman–Crippen LogP) is 3.65. The number of hydrogen-bond acceptors (Lipinski definition) is 6. The van der Waals surface area contributed by atoms with Crippen LogP contribution >= 0.6 is 0 Å². The van der Waals surface area contributed by atoms with Crippen molar-refractivity contribution >= 4 is 23.0 Å². The molecule has 1 aliphatic carbocycles. The number of pyridine rings is 1. The molecule has 35 heavy (non-hydrogen) atoms. The van der Waals surface area contributed by atoms with E-state index in [1.165, 1.54) is 6.08 Å². The maximum Gasteiger partial charge on any atom is 0.246 e. The van der Waals surface area contributed by atoms with Crippen LogP contribution in [0.5, 0.6) is 0 Å². The number of imidazole rings is 1. The van der Waals surface area contributed by atoms with Crippen molar-refractivity contribution in [2.75, 3.05) is 5.73 Å². The highest BCUT2D eigenvalue weighted by Gasteiger charge is 2.55. The van der Waals surface area contributed by atoms with Crippen LogP contribution in [0.15, 0.2) is 73.7 Å². The summed E-state index contributed by atoms with van der Waals surface area (Å²) in [5, 5.41) is 0. The summed E-state index contributed by atoms with van der Waals surface area (Å²) in [6.07, 6.45) is 8.68. The first-order valence-corrected chi connectivity index (χ1v) is 11.7. The molecule has 6 rings (SSSR count). The van der Waals surface area contributed by atoms with E-state index >= 15 is 0 Å². The maximum atomic E-state index is 12.7. The quantitative estimate of drug-likeness (QED) is 0.345. The predicted molar refractivity (Wildman–Crippen MR) is 131 cm³/mol. The number of ketones is 1. The number of carbonyl (C=O) groups is 2. The van der Waals surface area contributed by atoms with E-state index in [1.807, 2.05) is 45.8 Å². The lowest BCUT2D eigenvalue weighted by Gasteiger charge is -2.25. The van der Waals surface area contributed by atoms with Gasteiger partial charge in [0.2, 0.25) is 5.91 Å². The lowest BCUT2D eigenvalue weighted by atomic mass is 10.0. The first-order valence-electron chi connectivity index (χ1n) is 11.7. The fourth-order valence-corrected chi connectivity index (χ4v) is 5.22. The van der Waals surface area contributed by atoms with Crippen LogP contribution in [0.3, 0.4) is 0 Å². The van der Waals surface area contributed by atoms with E-state index < -0.39 is 0 Å². The number of piperidine rings is 1. The Morgan fingerprint density at radius 1 is 1.09 bits per heavy atom. The zero-order chi connectivity index (χ0) is 24.1. The van der Waals surface area contributed by atoms with E-state index in [9.17, 15) is 9.59 Å². The lowest BCUT2D eigenvalue weighted by Crippen LogP contribution is -2.33. The first-order chi connectivity index (χ1) is 17.0. The average molecular weight is 465 g/mol. The second-order valence-electron chi connectivity index (χ2n) is 9.11. The van der Waals surface area contributed by atoms with Gasteiger partial charge in [-0.2, -0.15) is 0 Å². The van der Waals surface area contributed by atoms with Crippen LogP contribution in [0.2, 0.25) is 0 Å². The SMILES string of the molecule is C=CC(=O)N1C(c2nc(-c3ccc(C(=O)Cc4ccccn4)cc3)c3c(N)nccn23)CC2CC21. The largest absolute Gasteiger partial charge is 0.382 e. The number of likely N-dealkylation sites (tertiary alicyclic amines) is 1. The molecule has 0 radical (unpaired) electrons. The number of hydrogen-bond donors (Lipinski definition) is 1. The monoisotopic (exact) mass is 464 g/mol. The van der Waals surface area contributed by atoms with Crippen molar-refractivity contribution in [2.45, 2.75) is 31.3 Å². The molecule has 1 aromatic carbocycles. The van der Waals surface area contributed by atoms with Crippen LogP contribution in [-0.4, -0.2) is 42.0 Å². The molecule has 3 aromatic heterocycles. The maximum absolute atomic E-state index is 12.7. The van der Waals surface area contributed by atoms with E-state index in [1.54, 1.807) is 24.5 Å². The zero-order valence-electron chi connectivity index (χ0n) is 19.0. The fraction of sp³-hybridized carbons (Fsp3) is 0.222. The summed E-state index contributed by atoms with van der Waals surface area (Å²) >= 11 is 0.